The van der Waals surface area contributed by atoms with E-state index >= 15 is 0 Å². The Morgan fingerprint density at radius 3 is 2.06 bits per heavy atom. The summed E-state index contributed by atoms with van der Waals surface area (Å²) in [4.78, 5) is 10.9. The highest BCUT2D eigenvalue weighted by Crippen LogP contribution is 2.47. The molecule has 4 heterocycles. The number of furan rings is 1. The second-order valence-electron chi connectivity index (χ2n) is 13.7. The standard InChI is InChI=1S/C48H27N3OS/c1-2-13-28(14-3-1)29-25-26-40-37(27-29)43-32-17-5-4-16-31(32)42-35-19-7-10-23-39(35)51(45(42)46(43)52-40)48-49-38-22-9-6-18-34(38)44(50-48)36-21-12-20-33-30-15-8-11-24-41(30)53-47(33)36/h1-27H. The molecule has 12 aromatic rings. The molecule has 0 radical (unpaired) electrons. The number of rotatable bonds is 3. The summed E-state index contributed by atoms with van der Waals surface area (Å²) < 4.78 is 11.7. The first-order valence-corrected chi connectivity index (χ1v) is 18.7. The molecule has 4 aromatic heterocycles. The normalized spacial score (nSPS) is 12.2. The molecule has 246 valence electrons. The first kappa shape index (κ1) is 28.8. The lowest BCUT2D eigenvalue weighted by molar-refractivity contribution is 0.671. The molecule has 0 unspecified atom stereocenters. The van der Waals surface area contributed by atoms with Gasteiger partial charge >= 0.3 is 0 Å². The van der Waals surface area contributed by atoms with E-state index in [0.29, 0.717) is 5.95 Å². The van der Waals surface area contributed by atoms with Crippen molar-refractivity contribution >= 4 is 96.9 Å². The summed E-state index contributed by atoms with van der Waals surface area (Å²) in [5, 5.41) is 10.3. The van der Waals surface area contributed by atoms with Crippen LogP contribution in [0.2, 0.25) is 0 Å². The van der Waals surface area contributed by atoms with E-state index < -0.39 is 0 Å². The molecule has 5 heteroatoms. The molecular weight excluding hydrogens is 667 g/mol. The van der Waals surface area contributed by atoms with Crippen LogP contribution >= 0.6 is 11.3 Å². The van der Waals surface area contributed by atoms with Gasteiger partial charge < -0.3 is 4.42 Å². The van der Waals surface area contributed by atoms with E-state index in [9.17, 15) is 0 Å². The molecule has 0 aliphatic rings. The van der Waals surface area contributed by atoms with E-state index in [1.165, 1.54) is 36.5 Å². The summed E-state index contributed by atoms with van der Waals surface area (Å²) in [7, 11) is 0. The lowest BCUT2D eigenvalue weighted by Gasteiger charge is -2.13. The van der Waals surface area contributed by atoms with Gasteiger partial charge in [0.1, 0.15) is 11.1 Å². The van der Waals surface area contributed by atoms with Gasteiger partial charge in [-0.25, -0.2) is 9.97 Å². The maximum Gasteiger partial charge on any atom is 0.235 e. The summed E-state index contributed by atoms with van der Waals surface area (Å²) in [6.45, 7) is 0. The maximum atomic E-state index is 6.98. The van der Waals surface area contributed by atoms with Gasteiger partial charge in [-0.2, -0.15) is 0 Å². The zero-order valence-corrected chi connectivity index (χ0v) is 29.1. The van der Waals surface area contributed by atoms with Gasteiger partial charge in [0, 0.05) is 52.7 Å². The van der Waals surface area contributed by atoms with Crippen molar-refractivity contribution in [2.75, 3.05) is 0 Å². The van der Waals surface area contributed by atoms with E-state index in [1.807, 2.05) is 11.3 Å². The molecule has 53 heavy (non-hydrogen) atoms. The first-order chi connectivity index (χ1) is 26.3. The van der Waals surface area contributed by atoms with Gasteiger partial charge in [0.2, 0.25) is 5.95 Å². The lowest BCUT2D eigenvalue weighted by Crippen LogP contribution is -2.03. The average Bonchev–Trinajstić information content (AvgIpc) is 3.91. The Morgan fingerprint density at radius 1 is 0.491 bits per heavy atom. The Balaban J connectivity index is 1.24. The quantitative estimate of drug-likeness (QED) is 0.185. The number of thiophene rings is 1. The minimum absolute atomic E-state index is 0.616. The molecule has 0 saturated carbocycles. The summed E-state index contributed by atoms with van der Waals surface area (Å²) in [6.07, 6.45) is 0. The molecule has 0 N–H and O–H groups in total. The number of aromatic nitrogens is 3. The highest BCUT2D eigenvalue weighted by atomic mass is 32.1. The highest BCUT2D eigenvalue weighted by Gasteiger charge is 2.25. The van der Waals surface area contributed by atoms with Crippen LogP contribution in [0.1, 0.15) is 0 Å². The maximum absolute atomic E-state index is 6.98. The number of hydrogen-bond donors (Lipinski definition) is 0. The smallest absolute Gasteiger partial charge is 0.235 e. The summed E-state index contributed by atoms with van der Waals surface area (Å²) in [5.74, 6) is 0.616. The molecule has 8 aromatic carbocycles. The second kappa shape index (κ2) is 10.8. The molecule has 0 amide bonds. The van der Waals surface area contributed by atoms with Crippen molar-refractivity contribution in [2.24, 2.45) is 0 Å². The van der Waals surface area contributed by atoms with Crippen LogP contribution in [0.5, 0.6) is 0 Å². The van der Waals surface area contributed by atoms with E-state index in [2.05, 4.69) is 168 Å². The van der Waals surface area contributed by atoms with Gasteiger partial charge in [0.05, 0.1) is 16.7 Å². The van der Waals surface area contributed by atoms with Crippen molar-refractivity contribution in [3.63, 3.8) is 0 Å². The van der Waals surface area contributed by atoms with Crippen LogP contribution in [0.4, 0.5) is 0 Å². The zero-order valence-electron chi connectivity index (χ0n) is 28.2. The van der Waals surface area contributed by atoms with Crippen LogP contribution in [0.15, 0.2) is 168 Å². The molecule has 0 atom stereocenters. The molecule has 0 aliphatic heterocycles. The first-order valence-electron chi connectivity index (χ1n) is 17.8. The van der Waals surface area contributed by atoms with Gasteiger partial charge in [-0.3, -0.25) is 4.57 Å². The molecule has 12 rings (SSSR count). The van der Waals surface area contributed by atoms with E-state index in [0.717, 1.165) is 71.5 Å². The van der Waals surface area contributed by atoms with Gasteiger partial charge in [0.15, 0.2) is 5.58 Å². The molecule has 0 spiro atoms. The summed E-state index contributed by atoms with van der Waals surface area (Å²) in [6, 6.07) is 58.0. The van der Waals surface area contributed by atoms with Crippen LogP contribution in [0.3, 0.4) is 0 Å². The van der Waals surface area contributed by atoms with E-state index in [4.69, 9.17) is 14.4 Å². The van der Waals surface area contributed by atoms with Gasteiger partial charge in [0.25, 0.3) is 0 Å². The van der Waals surface area contributed by atoms with Crippen LogP contribution in [0.25, 0.3) is 114 Å². The van der Waals surface area contributed by atoms with Crippen LogP contribution in [-0.4, -0.2) is 14.5 Å². The van der Waals surface area contributed by atoms with Crippen molar-refractivity contribution in [1.29, 1.82) is 0 Å². The van der Waals surface area contributed by atoms with Gasteiger partial charge in [-0.15, -0.1) is 11.3 Å². The third-order valence-corrected chi connectivity index (χ3v) is 12.0. The zero-order chi connectivity index (χ0) is 34.6. The number of nitrogens with zero attached hydrogens (tertiary/aromatic N) is 3. The van der Waals surface area contributed by atoms with Crippen LogP contribution < -0.4 is 0 Å². The Hall–Kier alpha value is -6.82. The predicted molar refractivity (Wildman–Crippen MR) is 222 cm³/mol. The predicted octanol–water partition coefficient (Wildman–Crippen LogP) is 13.5. The third-order valence-electron chi connectivity index (χ3n) is 10.8. The minimum Gasteiger partial charge on any atom is -0.454 e. The van der Waals surface area contributed by atoms with Crippen molar-refractivity contribution in [3.8, 4) is 28.3 Å². The molecule has 0 saturated heterocycles. The van der Waals surface area contributed by atoms with Crippen molar-refractivity contribution in [1.82, 2.24) is 14.5 Å². The van der Waals surface area contributed by atoms with Crippen molar-refractivity contribution in [2.45, 2.75) is 0 Å². The van der Waals surface area contributed by atoms with Crippen LogP contribution in [-0.2, 0) is 0 Å². The fourth-order valence-electron chi connectivity index (χ4n) is 8.50. The molecule has 0 fully saturated rings. The second-order valence-corrected chi connectivity index (χ2v) is 14.7. The molecule has 0 aliphatic carbocycles. The van der Waals surface area contributed by atoms with E-state index in [-0.39, 0.29) is 0 Å². The molecular formula is C48H27N3OS. The van der Waals surface area contributed by atoms with Crippen molar-refractivity contribution < 1.29 is 4.42 Å². The fraction of sp³-hybridized carbons (Fsp3) is 0. The Morgan fingerprint density at radius 2 is 1.19 bits per heavy atom. The van der Waals surface area contributed by atoms with Gasteiger partial charge in [-0.05, 0) is 52.2 Å². The van der Waals surface area contributed by atoms with Gasteiger partial charge in [-0.1, -0.05) is 133 Å². The average molecular weight is 694 g/mol. The molecule has 4 nitrogen and oxygen atoms in total. The van der Waals surface area contributed by atoms with E-state index in [1.54, 1.807) is 0 Å². The Kier molecular flexibility index (Phi) is 5.90. The lowest BCUT2D eigenvalue weighted by atomic mass is 9.97. The topological polar surface area (TPSA) is 43.9 Å². The van der Waals surface area contributed by atoms with Crippen molar-refractivity contribution in [3.05, 3.63) is 164 Å². The number of para-hydroxylation sites is 2. The SMILES string of the molecule is c1ccc(-c2ccc3oc4c(c3c2)c2ccccc2c2c3ccccc3n(-c3nc(-c5cccc6c5sc5ccccc56)c5ccccc5n3)c42)cc1. The Labute approximate surface area is 306 Å². The minimum atomic E-state index is 0.616. The largest absolute Gasteiger partial charge is 0.454 e. The number of benzene rings is 8. The number of hydrogen-bond acceptors (Lipinski definition) is 4. The summed E-state index contributed by atoms with van der Waals surface area (Å²) in [5.41, 5.74) is 8.94. The Bertz CT molecular complexity index is 3460. The summed E-state index contributed by atoms with van der Waals surface area (Å²) >= 11 is 1.82. The molecule has 0 bridgehead atoms. The van der Waals surface area contributed by atoms with Crippen LogP contribution in [0, 0.1) is 0 Å². The highest BCUT2D eigenvalue weighted by molar-refractivity contribution is 7.26. The third kappa shape index (κ3) is 4.05. The monoisotopic (exact) mass is 693 g/mol. The fourth-order valence-corrected chi connectivity index (χ4v) is 9.72. The number of fused-ring (bicyclic) bond motifs is 14.